The van der Waals surface area contributed by atoms with Crippen LogP contribution in [-0.2, 0) is 6.42 Å². The van der Waals surface area contributed by atoms with E-state index in [1.54, 1.807) is 0 Å². The van der Waals surface area contributed by atoms with Crippen LogP contribution in [0.2, 0.25) is 0 Å². The minimum absolute atomic E-state index is 0.110. The molecule has 0 unspecified atom stereocenters. The van der Waals surface area contributed by atoms with Gasteiger partial charge in [0.15, 0.2) is 23.0 Å². The van der Waals surface area contributed by atoms with Crippen molar-refractivity contribution in [3.63, 3.8) is 0 Å². The Kier molecular flexibility index (Phi) is 4.01. The maximum absolute atomic E-state index is 6.00. The van der Waals surface area contributed by atoms with Crippen molar-refractivity contribution in [3.05, 3.63) is 29.3 Å². The van der Waals surface area contributed by atoms with Crippen LogP contribution in [-0.4, -0.2) is 15.0 Å². The second-order valence-corrected chi connectivity index (χ2v) is 5.98. The summed E-state index contributed by atoms with van der Waals surface area (Å²) in [5.41, 5.74) is 15.0. The Labute approximate surface area is 140 Å². The summed E-state index contributed by atoms with van der Waals surface area (Å²) < 4.78 is 11.9. The van der Waals surface area contributed by atoms with Crippen molar-refractivity contribution in [2.24, 2.45) is 0 Å². The van der Waals surface area contributed by atoms with Crippen molar-refractivity contribution in [2.45, 2.75) is 40.0 Å². The minimum Gasteiger partial charge on any atom is -0.451 e. The maximum atomic E-state index is 6.00. The Morgan fingerprint density at radius 3 is 2.58 bits per heavy atom. The molecule has 0 bridgehead atoms. The summed E-state index contributed by atoms with van der Waals surface area (Å²) in [4.78, 5) is 12.4. The van der Waals surface area contributed by atoms with Crippen LogP contribution in [0.15, 0.2) is 16.7 Å². The number of fused-ring (bicyclic) bond motifs is 1. The zero-order chi connectivity index (χ0) is 17.4. The van der Waals surface area contributed by atoms with E-state index >= 15 is 0 Å². The summed E-state index contributed by atoms with van der Waals surface area (Å²) in [7, 11) is 0. The number of hydrogen-bond donors (Lipinski definition) is 2. The maximum Gasteiger partial charge on any atom is 0.222 e. The first-order chi connectivity index (χ1) is 11.4. The molecule has 7 nitrogen and oxygen atoms in total. The largest absolute Gasteiger partial charge is 0.451 e. The van der Waals surface area contributed by atoms with Crippen molar-refractivity contribution < 1.29 is 9.15 Å². The van der Waals surface area contributed by atoms with Gasteiger partial charge >= 0.3 is 0 Å². The standard InChI is InChI=1S/C17H21N5O2/c1-5-12-21-14-9(4)6-10(13(8(2)3)15(14)24-12)23-11-7-20-17(19)22-16(11)18/h6-8H,5H2,1-4H3,(H4,18,19,20,22). The summed E-state index contributed by atoms with van der Waals surface area (Å²) in [6.07, 6.45) is 2.21. The van der Waals surface area contributed by atoms with Gasteiger partial charge < -0.3 is 20.6 Å². The van der Waals surface area contributed by atoms with Gasteiger partial charge in [-0.1, -0.05) is 20.8 Å². The molecular formula is C17H21N5O2. The lowest BCUT2D eigenvalue weighted by Crippen LogP contribution is -2.03. The third kappa shape index (κ3) is 2.73. The van der Waals surface area contributed by atoms with Crippen LogP contribution in [0.4, 0.5) is 11.8 Å². The predicted molar refractivity (Wildman–Crippen MR) is 93.1 cm³/mol. The van der Waals surface area contributed by atoms with Gasteiger partial charge in [-0.05, 0) is 24.5 Å². The van der Waals surface area contributed by atoms with Crippen LogP contribution in [0.5, 0.6) is 11.5 Å². The van der Waals surface area contributed by atoms with Crippen LogP contribution in [0.1, 0.15) is 43.7 Å². The van der Waals surface area contributed by atoms with Crippen molar-refractivity contribution in [1.29, 1.82) is 0 Å². The van der Waals surface area contributed by atoms with E-state index in [0.717, 1.165) is 28.6 Å². The highest BCUT2D eigenvalue weighted by Gasteiger charge is 2.21. The fourth-order valence-corrected chi connectivity index (χ4v) is 2.65. The number of nitrogen functional groups attached to an aromatic ring is 2. The number of hydrogen-bond acceptors (Lipinski definition) is 7. The second kappa shape index (κ2) is 5.99. The number of anilines is 2. The molecule has 0 atom stereocenters. The van der Waals surface area contributed by atoms with Gasteiger partial charge in [0.05, 0.1) is 6.20 Å². The van der Waals surface area contributed by atoms with Crippen LogP contribution in [0.25, 0.3) is 11.1 Å². The average molecular weight is 327 g/mol. The van der Waals surface area contributed by atoms with Crippen molar-refractivity contribution in [3.8, 4) is 11.5 Å². The molecule has 0 aliphatic rings. The molecule has 2 aromatic heterocycles. The third-order valence-electron chi connectivity index (χ3n) is 3.80. The number of aromatic nitrogens is 3. The molecule has 0 saturated carbocycles. The molecule has 0 amide bonds. The highest BCUT2D eigenvalue weighted by atomic mass is 16.5. The van der Waals surface area contributed by atoms with E-state index in [9.17, 15) is 0 Å². The van der Waals surface area contributed by atoms with E-state index in [2.05, 4.69) is 28.8 Å². The van der Waals surface area contributed by atoms with Crippen molar-refractivity contribution in [1.82, 2.24) is 15.0 Å². The molecule has 7 heteroatoms. The number of nitrogens with two attached hydrogens (primary N) is 2. The molecule has 0 aliphatic heterocycles. The van der Waals surface area contributed by atoms with E-state index < -0.39 is 0 Å². The fourth-order valence-electron chi connectivity index (χ4n) is 2.65. The summed E-state index contributed by atoms with van der Waals surface area (Å²) in [6.45, 7) is 8.14. The number of aryl methyl sites for hydroxylation is 2. The van der Waals surface area contributed by atoms with E-state index in [0.29, 0.717) is 17.4 Å². The number of benzene rings is 1. The van der Waals surface area contributed by atoms with E-state index in [-0.39, 0.29) is 17.7 Å². The zero-order valence-electron chi connectivity index (χ0n) is 14.3. The molecule has 1 aromatic carbocycles. The van der Waals surface area contributed by atoms with Crippen LogP contribution < -0.4 is 16.2 Å². The lowest BCUT2D eigenvalue weighted by molar-refractivity contribution is 0.467. The Morgan fingerprint density at radius 1 is 1.21 bits per heavy atom. The first kappa shape index (κ1) is 16.0. The number of oxazole rings is 1. The van der Waals surface area contributed by atoms with Gasteiger partial charge in [0.1, 0.15) is 11.3 Å². The molecule has 3 aromatic rings. The molecule has 0 aliphatic carbocycles. The Morgan fingerprint density at radius 2 is 1.96 bits per heavy atom. The fraction of sp³-hybridized carbons (Fsp3) is 0.353. The van der Waals surface area contributed by atoms with Gasteiger partial charge in [-0.3, -0.25) is 0 Å². The highest BCUT2D eigenvalue weighted by Crippen LogP contribution is 2.39. The lowest BCUT2D eigenvalue weighted by atomic mass is 9.99. The van der Waals surface area contributed by atoms with Gasteiger partial charge in [0.2, 0.25) is 5.95 Å². The molecule has 0 spiro atoms. The minimum atomic E-state index is 0.110. The van der Waals surface area contributed by atoms with Crippen LogP contribution in [0.3, 0.4) is 0 Å². The van der Waals surface area contributed by atoms with E-state index in [1.807, 2.05) is 19.9 Å². The summed E-state index contributed by atoms with van der Waals surface area (Å²) in [6, 6.07) is 1.94. The molecule has 4 N–H and O–H groups in total. The summed E-state index contributed by atoms with van der Waals surface area (Å²) in [5, 5.41) is 0. The van der Waals surface area contributed by atoms with Crippen LogP contribution in [0, 0.1) is 6.92 Å². The van der Waals surface area contributed by atoms with Gasteiger partial charge in [-0.25, -0.2) is 9.97 Å². The van der Waals surface area contributed by atoms with Crippen molar-refractivity contribution >= 4 is 22.9 Å². The normalized spacial score (nSPS) is 11.4. The van der Waals surface area contributed by atoms with Gasteiger partial charge in [-0.15, -0.1) is 0 Å². The van der Waals surface area contributed by atoms with Gasteiger partial charge in [0.25, 0.3) is 0 Å². The topological polar surface area (TPSA) is 113 Å². The first-order valence-electron chi connectivity index (χ1n) is 7.89. The molecule has 0 saturated heterocycles. The number of ether oxygens (including phenoxy) is 1. The molecular weight excluding hydrogens is 306 g/mol. The summed E-state index contributed by atoms with van der Waals surface area (Å²) >= 11 is 0. The quantitative estimate of drug-likeness (QED) is 0.753. The average Bonchev–Trinajstić information content (AvgIpc) is 2.94. The predicted octanol–water partition coefficient (Wildman–Crippen LogP) is 3.57. The van der Waals surface area contributed by atoms with Crippen molar-refractivity contribution in [2.75, 3.05) is 11.5 Å². The lowest BCUT2D eigenvalue weighted by Gasteiger charge is -2.15. The molecule has 126 valence electrons. The molecule has 0 radical (unpaired) electrons. The molecule has 2 heterocycles. The number of rotatable bonds is 4. The Bertz CT molecular complexity index is 902. The molecule has 0 fully saturated rings. The summed E-state index contributed by atoms with van der Waals surface area (Å²) in [5.74, 6) is 2.22. The van der Waals surface area contributed by atoms with E-state index in [4.69, 9.17) is 20.6 Å². The smallest absolute Gasteiger partial charge is 0.222 e. The van der Waals surface area contributed by atoms with Gasteiger partial charge in [0, 0.05) is 12.0 Å². The SMILES string of the molecule is CCc1nc2c(C)cc(Oc3cnc(N)nc3N)c(C(C)C)c2o1. The third-order valence-corrected chi connectivity index (χ3v) is 3.80. The second-order valence-electron chi connectivity index (χ2n) is 5.98. The van der Waals surface area contributed by atoms with Gasteiger partial charge in [-0.2, -0.15) is 4.98 Å². The van der Waals surface area contributed by atoms with Crippen LogP contribution >= 0.6 is 0 Å². The Balaban J connectivity index is 2.17. The monoisotopic (exact) mass is 327 g/mol. The first-order valence-corrected chi connectivity index (χ1v) is 7.89. The molecule has 3 rings (SSSR count). The number of nitrogens with zero attached hydrogens (tertiary/aromatic N) is 3. The Hall–Kier alpha value is -2.83. The zero-order valence-corrected chi connectivity index (χ0v) is 14.3. The molecule has 24 heavy (non-hydrogen) atoms. The van der Waals surface area contributed by atoms with E-state index in [1.165, 1.54) is 6.20 Å². The highest BCUT2D eigenvalue weighted by molar-refractivity contribution is 5.83.